The van der Waals surface area contributed by atoms with Crippen molar-refractivity contribution in [1.29, 1.82) is 0 Å². The van der Waals surface area contributed by atoms with Gasteiger partial charge >= 0.3 is 5.24 Å². The van der Waals surface area contributed by atoms with Crippen molar-refractivity contribution in [3.8, 4) is 17.2 Å². The summed E-state index contributed by atoms with van der Waals surface area (Å²) in [6, 6.07) is 21.8. The van der Waals surface area contributed by atoms with Gasteiger partial charge in [-0.2, -0.15) is 10.1 Å². The Balaban J connectivity index is 1.55. The first-order chi connectivity index (χ1) is 18.9. The van der Waals surface area contributed by atoms with Crippen LogP contribution in [0.2, 0.25) is 0 Å². The number of aliphatic imine (C=N–C) groups is 1. The van der Waals surface area contributed by atoms with E-state index < -0.39 is 0 Å². The van der Waals surface area contributed by atoms with Crippen LogP contribution >= 0.6 is 11.8 Å². The standard InChI is InChI=1S/C30H30N4O4S/c1-33(2)22-11-7-21(8-12-22)25-18-24(20-9-13-23(36-3)14-10-20)32-34(25)29-28(39-30(35)31-29)17-19-6-15-26(37-4)27(16-19)38-5/h6-17,25H,18H2,1-5H3/b28-17-. The first-order valence-electron chi connectivity index (χ1n) is 12.4. The summed E-state index contributed by atoms with van der Waals surface area (Å²) in [4.78, 5) is 19.8. The quantitative estimate of drug-likeness (QED) is 0.350. The highest BCUT2D eigenvalue weighted by Gasteiger charge is 2.37. The van der Waals surface area contributed by atoms with Gasteiger partial charge in [0.1, 0.15) is 5.75 Å². The van der Waals surface area contributed by atoms with E-state index in [0.29, 0.717) is 23.8 Å². The molecule has 8 nitrogen and oxygen atoms in total. The van der Waals surface area contributed by atoms with Crippen molar-refractivity contribution < 1.29 is 19.0 Å². The van der Waals surface area contributed by atoms with Gasteiger partial charge in [-0.1, -0.05) is 18.2 Å². The zero-order valence-corrected chi connectivity index (χ0v) is 23.4. The van der Waals surface area contributed by atoms with E-state index >= 15 is 0 Å². The van der Waals surface area contributed by atoms with Gasteiger partial charge in [0, 0.05) is 26.2 Å². The molecule has 3 aromatic rings. The SMILES string of the molecule is COc1ccc(C2=NN(C3=NC(=O)S/C3=C\c3ccc(OC)c(OC)c3)C(c3ccc(N(C)C)cc3)C2)cc1. The molecule has 0 fully saturated rings. The Kier molecular flexibility index (Phi) is 7.60. The van der Waals surface area contributed by atoms with E-state index in [9.17, 15) is 4.79 Å². The van der Waals surface area contributed by atoms with Crippen LogP contribution in [0, 0.1) is 0 Å². The van der Waals surface area contributed by atoms with Crippen molar-refractivity contribution in [3.05, 3.63) is 88.3 Å². The minimum absolute atomic E-state index is 0.127. The number of methoxy groups -OCH3 is 3. The fourth-order valence-electron chi connectivity index (χ4n) is 4.57. The van der Waals surface area contributed by atoms with Gasteiger partial charge in [0.25, 0.3) is 0 Å². The summed E-state index contributed by atoms with van der Waals surface area (Å²) in [5.74, 6) is 2.56. The minimum atomic E-state index is -0.272. The predicted molar refractivity (Wildman–Crippen MR) is 157 cm³/mol. The van der Waals surface area contributed by atoms with Gasteiger partial charge < -0.3 is 19.1 Å². The number of amidine groups is 1. The lowest BCUT2D eigenvalue weighted by atomic mass is 9.98. The van der Waals surface area contributed by atoms with E-state index in [2.05, 4.69) is 34.2 Å². The Bertz CT molecular complexity index is 1460. The molecule has 0 bridgehead atoms. The molecule has 39 heavy (non-hydrogen) atoms. The summed E-state index contributed by atoms with van der Waals surface area (Å²) >= 11 is 1.10. The Morgan fingerprint density at radius 2 is 1.64 bits per heavy atom. The van der Waals surface area contributed by atoms with Gasteiger partial charge in [0.15, 0.2) is 17.3 Å². The molecule has 0 aliphatic carbocycles. The molecule has 1 unspecified atom stereocenters. The maximum atomic E-state index is 12.6. The largest absolute Gasteiger partial charge is 0.497 e. The van der Waals surface area contributed by atoms with Crippen LogP contribution in [0.25, 0.3) is 6.08 Å². The topological polar surface area (TPSA) is 76.0 Å². The Hall–Kier alpha value is -4.24. The van der Waals surface area contributed by atoms with Gasteiger partial charge in [-0.15, -0.1) is 0 Å². The van der Waals surface area contributed by atoms with Crippen LogP contribution in [0.4, 0.5) is 10.5 Å². The monoisotopic (exact) mass is 542 g/mol. The van der Waals surface area contributed by atoms with Crippen molar-refractivity contribution >= 4 is 40.3 Å². The van der Waals surface area contributed by atoms with Crippen molar-refractivity contribution in [2.24, 2.45) is 10.1 Å². The summed E-state index contributed by atoms with van der Waals surface area (Å²) in [6.45, 7) is 0. The Labute approximate surface area is 232 Å². The van der Waals surface area contributed by atoms with Crippen molar-refractivity contribution in [1.82, 2.24) is 5.01 Å². The molecule has 9 heteroatoms. The molecule has 1 atom stereocenters. The number of carbonyl (C=O) groups excluding carboxylic acids is 1. The van der Waals surface area contributed by atoms with Crippen LogP contribution in [-0.2, 0) is 0 Å². The fourth-order valence-corrected chi connectivity index (χ4v) is 5.32. The maximum Gasteiger partial charge on any atom is 0.311 e. The van der Waals surface area contributed by atoms with E-state index in [4.69, 9.17) is 19.3 Å². The number of nitrogens with zero attached hydrogens (tertiary/aromatic N) is 4. The van der Waals surface area contributed by atoms with Gasteiger partial charge in [-0.3, -0.25) is 4.79 Å². The number of hydrogen-bond donors (Lipinski definition) is 0. The lowest BCUT2D eigenvalue weighted by molar-refractivity contribution is 0.267. The number of benzene rings is 3. The number of amides is 1. The summed E-state index contributed by atoms with van der Waals surface area (Å²) in [5.41, 5.74) is 4.97. The second-order valence-electron chi connectivity index (χ2n) is 9.25. The molecule has 0 radical (unpaired) electrons. The highest BCUT2D eigenvalue weighted by molar-refractivity contribution is 8.18. The molecule has 2 aliphatic heterocycles. The van der Waals surface area contributed by atoms with Crippen LogP contribution < -0.4 is 19.1 Å². The van der Waals surface area contributed by atoms with Crippen LogP contribution in [0.5, 0.6) is 17.2 Å². The van der Waals surface area contributed by atoms with E-state index in [1.807, 2.05) is 67.6 Å². The molecule has 5 rings (SSSR count). The smallest absolute Gasteiger partial charge is 0.311 e. The predicted octanol–water partition coefficient (Wildman–Crippen LogP) is 6.24. The molecule has 0 aromatic heterocycles. The zero-order valence-electron chi connectivity index (χ0n) is 22.5. The van der Waals surface area contributed by atoms with Crippen LogP contribution in [0.15, 0.2) is 81.7 Å². The summed E-state index contributed by atoms with van der Waals surface area (Å²) < 4.78 is 16.2. The average Bonchev–Trinajstić information content (AvgIpc) is 3.56. The van der Waals surface area contributed by atoms with Gasteiger partial charge in [0.2, 0.25) is 0 Å². The molecular weight excluding hydrogens is 512 g/mol. The Morgan fingerprint density at radius 3 is 2.28 bits per heavy atom. The average molecular weight is 543 g/mol. The van der Waals surface area contributed by atoms with Crippen molar-refractivity contribution in [3.63, 3.8) is 0 Å². The van der Waals surface area contributed by atoms with Gasteiger partial charge in [-0.05, 0) is 83.1 Å². The van der Waals surface area contributed by atoms with Gasteiger partial charge in [-0.25, -0.2) is 5.01 Å². The number of hydrogen-bond acceptors (Lipinski definition) is 8. The first kappa shape index (κ1) is 26.4. The number of ether oxygens (including phenoxy) is 3. The molecule has 2 aliphatic rings. The molecule has 0 saturated carbocycles. The number of hydrazone groups is 1. The van der Waals surface area contributed by atoms with E-state index in [1.54, 1.807) is 21.3 Å². The first-order valence-corrected chi connectivity index (χ1v) is 13.2. The number of rotatable bonds is 7. The highest BCUT2D eigenvalue weighted by Crippen LogP contribution is 2.40. The number of anilines is 1. The second kappa shape index (κ2) is 11.2. The molecular formula is C30H30N4O4S. The normalized spacial score (nSPS) is 17.8. The third kappa shape index (κ3) is 5.49. The molecule has 0 saturated heterocycles. The van der Waals surface area contributed by atoms with E-state index in [0.717, 1.165) is 50.5 Å². The number of carbonyl (C=O) groups is 1. The lowest BCUT2D eigenvalue weighted by Crippen LogP contribution is -2.26. The van der Waals surface area contributed by atoms with Crippen molar-refractivity contribution in [2.75, 3.05) is 40.3 Å². The van der Waals surface area contributed by atoms with Crippen LogP contribution in [0.3, 0.4) is 0 Å². The minimum Gasteiger partial charge on any atom is -0.497 e. The summed E-state index contributed by atoms with van der Waals surface area (Å²) in [6.07, 6.45) is 2.60. The third-order valence-electron chi connectivity index (χ3n) is 6.67. The molecule has 0 N–H and O–H groups in total. The van der Waals surface area contributed by atoms with Crippen LogP contribution in [-0.4, -0.2) is 57.2 Å². The number of thioether (sulfide) groups is 1. The molecule has 1 amide bonds. The summed E-state index contributed by atoms with van der Waals surface area (Å²) in [5, 5.41) is 6.63. The third-order valence-corrected chi connectivity index (χ3v) is 7.45. The molecule has 3 aromatic carbocycles. The zero-order chi connectivity index (χ0) is 27.5. The van der Waals surface area contributed by atoms with E-state index in [1.165, 1.54) is 0 Å². The van der Waals surface area contributed by atoms with E-state index in [-0.39, 0.29) is 11.3 Å². The molecule has 0 spiro atoms. The maximum absolute atomic E-state index is 12.6. The molecule has 2 heterocycles. The summed E-state index contributed by atoms with van der Waals surface area (Å²) in [7, 11) is 8.88. The van der Waals surface area contributed by atoms with Crippen LogP contribution in [0.1, 0.15) is 29.2 Å². The highest BCUT2D eigenvalue weighted by atomic mass is 32.2. The van der Waals surface area contributed by atoms with Crippen molar-refractivity contribution in [2.45, 2.75) is 12.5 Å². The van der Waals surface area contributed by atoms with Gasteiger partial charge in [0.05, 0.1) is 38.0 Å². The Morgan fingerprint density at radius 1 is 0.923 bits per heavy atom. The second-order valence-corrected chi connectivity index (χ2v) is 10.2. The molecule has 200 valence electrons. The lowest BCUT2D eigenvalue weighted by Gasteiger charge is -2.24. The fraction of sp³-hybridized carbons (Fsp3) is 0.233.